The van der Waals surface area contributed by atoms with E-state index in [0.29, 0.717) is 27.4 Å². The van der Waals surface area contributed by atoms with E-state index < -0.39 is 5.41 Å². The largest absolute Gasteiger partial charge is 0.497 e. The summed E-state index contributed by atoms with van der Waals surface area (Å²) in [5.74, 6) is 0.359. The molecular weight excluding hydrogens is 366 g/mol. The zero-order valence-electron chi connectivity index (χ0n) is 15.6. The third kappa shape index (κ3) is 3.85. The molecular formula is C20H20ClN3O3. The number of methoxy groups -OCH3 is 1. The van der Waals surface area contributed by atoms with E-state index in [9.17, 15) is 9.59 Å². The van der Waals surface area contributed by atoms with Crippen molar-refractivity contribution < 1.29 is 14.3 Å². The summed E-state index contributed by atoms with van der Waals surface area (Å²) in [5, 5.41) is 5.41. The number of aromatic nitrogens is 3. The highest BCUT2D eigenvalue weighted by Crippen LogP contribution is 2.27. The average Bonchev–Trinajstić information content (AvgIpc) is 2.98. The minimum atomic E-state index is -0.512. The number of Topliss-reactive ketones (excluding diaryl/α,β-unsaturated/α-hetero) is 1. The molecule has 2 aromatic heterocycles. The maximum Gasteiger partial charge on any atom is 0.215 e. The van der Waals surface area contributed by atoms with Crippen molar-refractivity contribution in [2.24, 2.45) is 5.41 Å². The van der Waals surface area contributed by atoms with Crippen LogP contribution in [0.15, 0.2) is 36.5 Å². The summed E-state index contributed by atoms with van der Waals surface area (Å²) in [4.78, 5) is 29.4. The third-order valence-corrected chi connectivity index (χ3v) is 4.52. The Hall–Kier alpha value is -2.73. The number of hydrogen-bond donors (Lipinski definition) is 0. The number of carbonyl (C=O) groups excluding carboxylic acids is 2. The summed E-state index contributed by atoms with van der Waals surface area (Å²) in [6.07, 6.45) is 1.42. The van der Waals surface area contributed by atoms with Gasteiger partial charge in [-0.1, -0.05) is 32.4 Å². The van der Waals surface area contributed by atoms with Crippen LogP contribution in [0.5, 0.6) is 5.75 Å². The molecule has 0 fully saturated rings. The van der Waals surface area contributed by atoms with E-state index in [1.54, 1.807) is 42.1 Å². The molecule has 6 nitrogen and oxygen atoms in total. The Labute approximate surface area is 162 Å². The van der Waals surface area contributed by atoms with Crippen LogP contribution in [0, 0.1) is 5.41 Å². The number of rotatable bonds is 5. The minimum absolute atomic E-state index is 0.0156. The van der Waals surface area contributed by atoms with E-state index in [2.05, 4.69) is 10.1 Å². The Balaban J connectivity index is 2.11. The fourth-order valence-corrected chi connectivity index (χ4v) is 2.70. The van der Waals surface area contributed by atoms with Crippen molar-refractivity contribution in [3.05, 3.63) is 52.9 Å². The lowest BCUT2D eigenvalue weighted by Crippen LogP contribution is -2.25. The topological polar surface area (TPSA) is 74.1 Å². The van der Waals surface area contributed by atoms with E-state index in [-0.39, 0.29) is 23.8 Å². The third-order valence-electron chi connectivity index (χ3n) is 4.29. The molecule has 0 radical (unpaired) electrons. The molecule has 3 aromatic rings. The van der Waals surface area contributed by atoms with Crippen LogP contribution in [0.2, 0.25) is 5.15 Å². The Bertz CT molecular complexity index is 1020. The average molecular weight is 386 g/mol. The van der Waals surface area contributed by atoms with Crippen LogP contribution < -0.4 is 4.74 Å². The molecule has 0 bridgehead atoms. The summed E-state index contributed by atoms with van der Waals surface area (Å²) in [5.41, 5.74) is 0.793. The Morgan fingerprint density at radius 3 is 2.52 bits per heavy atom. The summed E-state index contributed by atoms with van der Waals surface area (Å²) < 4.78 is 6.84. The van der Waals surface area contributed by atoms with Crippen LogP contribution in [0.25, 0.3) is 10.9 Å². The first-order valence-electron chi connectivity index (χ1n) is 8.45. The molecule has 3 rings (SSSR count). The zero-order chi connectivity index (χ0) is 19.8. The number of ether oxygens (including phenoxy) is 1. The minimum Gasteiger partial charge on any atom is -0.497 e. The molecule has 0 saturated heterocycles. The van der Waals surface area contributed by atoms with Crippen LogP contribution in [-0.2, 0) is 11.3 Å². The molecule has 0 aliphatic heterocycles. The zero-order valence-corrected chi connectivity index (χ0v) is 16.4. The molecule has 27 heavy (non-hydrogen) atoms. The maximum atomic E-state index is 12.9. The summed E-state index contributed by atoms with van der Waals surface area (Å²) >= 11 is 5.80. The second-order valence-corrected chi connectivity index (χ2v) is 7.65. The lowest BCUT2D eigenvalue weighted by Gasteiger charge is -2.16. The first kappa shape index (κ1) is 19.0. The number of halogens is 1. The van der Waals surface area contributed by atoms with Gasteiger partial charge in [-0.2, -0.15) is 5.10 Å². The number of pyridine rings is 1. The summed E-state index contributed by atoms with van der Waals surface area (Å²) in [7, 11) is 1.56. The molecule has 140 valence electrons. The second kappa shape index (κ2) is 7.12. The quantitative estimate of drug-likeness (QED) is 0.491. The smallest absolute Gasteiger partial charge is 0.215 e. The Morgan fingerprint density at radius 1 is 1.19 bits per heavy atom. The van der Waals surface area contributed by atoms with Gasteiger partial charge in [0, 0.05) is 28.6 Å². The van der Waals surface area contributed by atoms with Gasteiger partial charge in [-0.05, 0) is 24.3 Å². The second-order valence-electron chi connectivity index (χ2n) is 7.26. The van der Waals surface area contributed by atoms with Gasteiger partial charge in [0.05, 0.1) is 12.6 Å². The van der Waals surface area contributed by atoms with E-state index in [0.717, 1.165) is 0 Å². The van der Waals surface area contributed by atoms with Gasteiger partial charge in [-0.25, -0.2) is 4.98 Å². The van der Waals surface area contributed by atoms with E-state index in [1.807, 2.05) is 20.8 Å². The van der Waals surface area contributed by atoms with Gasteiger partial charge in [0.1, 0.15) is 23.1 Å². The van der Waals surface area contributed by atoms with Gasteiger partial charge in [0.25, 0.3) is 0 Å². The predicted octanol–water partition coefficient (Wildman–Crippen LogP) is 3.94. The Kier molecular flexibility index (Phi) is 5.02. The van der Waals surface area contributed by atoms with Gasteiger partial charge in [0.2, 0.25) is 5.78 Å². The Morgan fingerprint density at radius 2 is 1.93 bits per heavy atom. The van der Waals surface area contributed by atoms with Crippen molar-refractivity contribution >= 4 is 34.1 Å². The first-order chi connectivity index (χ1) is 12.7. The fourth-order valence-electron chi connectivity index (χ4n) is 2.59. The number of ketones is 2. The van der Waals surface area contributed by atoms with Crippen LogP contribution >= 0.6 is 11.6 Å². The van der Waals surface area contributed by atoms with Crippen molar-refractivity contribution in [3.63, 3.8) is 0 Å². The van der Waals surface area contributed by atoms with Gasteiger partial charge in [-0.3, -0.25) is 14.3 Å². The first-order valence-corrected chi connectivity index (χ1v) is 8.82. The highest BCUT2D eigenvalue weighted by molar-refractivity contribution is 6.29. The summed E-state index contributed by atoms with van der Waals surface area (Å²) in [6, 6.07) is 8.47. The number of fused-ring (bicyclic) bond motifs is 1. The van der Waals surface area contributed by atoms with E-state index >= 15 is 0 Å². The highest BCUT2D eigenvalue weighted by atomic mass is 35.5. The lowest BCUT2D eigenvalue weighted by molar-refractivity contribution is -0.127. The molecule has 0 N–H and O–H groups in total. The van der Waals surface area contributed by atoms with Crippen molar-refractivity contribution in [3.8, 4) is 5.75 Å². The number of carbonyl (C=O) groups is 2. The van der Waals surface area contributed by atoms with E-state index in [1.165, 1.54) is 6.20 Å². The standard InChI is InChI=1S/C20H20ClN3O3/c1-20(2,3)16(25)11-24-15-9-13(27-4)6-7-14(15)18(23-24)19(26)12-5-8-17(21)22-10-12/h5-10H,11H2,1-4H3. The molecule has 2 heterocycles. The van der Waals surface area contributed by atoms with E-state index in [4.69, 9.17) is 16.3 Å². The van der Waals surface area contributed by atoms with Crippen LogP contribution in [0.4, 0.5) is 0 Å². The van der Waals surface area contributed by atoms with Gasteiger partial charge in [0.15, 0.2) is 5.78 Å². The molecule has 7 heteroatoms. The molecule has 1 aromatic carbocycles. The molecule has 0 aliphatic rings. The van der Waals surface area contributed by atoms with Crippen molar-refractivity contribution in [1.82, 2.24) is 14.8 Å². The number of hydrogen-bond acceptors (Lipinski definition) is 5. The summed E-state index contributed by atoms with van der Waals surface area (Å²) in [6.45, 7) is 5.63. The molecule has 0 atom stereocenters. The number of nitrogens with zero attached hydrogens (tertiary/aromatic N) is 3. The van der Waals surface area contributed by atoms with Gasteiger partial charge in [-0.15, -0.1) is 0 Å². The van der Waals surface area contributed by atoms with Gasteiger partial charge >= 0.3 is 0 Å². The lowest BCUT2D eigenvalue weighted by atomic mass is 9.91. The predicted molar refractivity (Wildman–Crippen MR) is 103 cm³/mol. The maximum absolute atomic E-state index is 12.9. The molecule has 0 aliphatic carbocycles. The van der Waals surface area contributed by atoms with Crippen LogP contribution in [0.3, 0.4) is 0 Å². The number of benzene rings is 1. The molecule has 0 saturated carbocycles. The monoisotopic (exact) mass is 385 g/mol. The van der Waals surface area contributed by atoms with Crippen molar-refractivity contribution in [2.45, 2.75) is 27.3 Å². The van der Waals surface area contributed by atoms with Crippen LogP contribution in [0.1, 0.15) is 36.8 Å². The normalized spacial score (nSPS) is 11.6. The SMILES string of the molecule is COc1ccc2c(C(=O)c3ccc(Cl)nc3)nn(CC(=O)C(C)(C)C)c2c1. The van der Waals surface area contributed by atoms with Crippen LogP contribution in [-0.4, -0.2) is 33.4 Å². The van der Waals surface area contributed by atoms with Crippen molar-refractivity contribution in [1.29, 1.82) is 0 Å². The molecule has 0 amide bonds. The highest BCUT2D eigenvalue weighted by Gasteiger charge is 2.25. The van der Waals surface area contributed by atoms with Crippen molar-refractivity contribution in [2.75, 3.05) is 7.11 Å². The van der Waals surface area contributed by atoms with Gasteiger partial charge < -0.3 is 4.74 Å². The fraction of sp³-hybridized carbons (Fsp3) is 0.300. The molecule has 0 unspecified atom stereocenters. The molecule has 0 spiro atoms.